The summed E-state index contributed by atoms with van der Waals surface area (Å²) in [4.78, 5) is 12.1. The van der Waals surface area contributed by atoms with Gasteiger partial charge in [0.2, 0.25) is 5.91 Å². The Morgan fingerprint density at radius 1 is 0.889 bits per heavy atom. The van der Waals surface area contributed by atoms with Crippen molar-refractivity contribution in [2.45, 2.75) is 13.3 Å². The number of carbonyl (C=O) groups excluding carboxylic acids is 1. The molecule has 0 saturated carbocycles. The highest BCUT2D eigenvalue weighted by Gasteiger charge is 2.08. The quantitative estimate of drug-likeness (QED) is 0.610. The van der Waals surface area contributed by atoms with Gasteiger partial charge in [0.25, 0.3) is 0 Å². The highest BCUT2D eigenvalue weighted by atomic mass is 19.1. The first-order chi connectivity index (χ1) is 13.1. The predicted octanol–water partition coefficient (Wildman–Crippen LogP) is 5.15. The fourth-order valence-corrected chi connectivity index (χ4v) is 2.62. The third-order valence-corrected chi connectivity index (χ3v) is 3.93. The smallest absolute Gasteiger partial charge is 0.228 e. The van der Waals surface area contributed by atoms with Crippen molar-refractivity contribution in [3.8, 4) is 5.75 Å². The van der Waals surface area contributed by atoms with Crippen LogP contribution in [0.2, 0.25) is 0 Å². The molecular weight excluding hydrogens is 343 g/mol. The van der Waals surface area contributed by atoms with E-state index in [0.717, 1.165) is 17.1 Å². The number of hydrogen-bond donors (Lipinski definition) is 2. The molecule has 0 aromatic heterocycles. The number of halogens is 1. The summed E-state index contributed by atoms with van der Waals surface area (Å²) >= 11 is 0. The summed E-state index contributed by atoms with van der Waals surface area (Å²) in [5.74, 6) is 0.200. The maximum absolute atomic E-state index is 13.6. The second-order valence-corrected chi connectivity index (χ2v) is 5.98. The average molecular weight is 364 g/mol. The van der Waals surface area contributed by atoms with Gasteiger partial charge in [-0.25, -0.2) is 4.39 Å². The summed E-state index contributed by atoms with van der Waals surface area (Å²) in [6.07, 6.45) is -0.00114. The van der Waals surface area contributed by atoms with Crippen molar-refractivity contribution in [2.75, 3.05) is 17.2 Å². The highest BCUT2D eigenvalue weighted by Crippen LogP contribution is 2.21. The van der Waals surface area contributed by atoms with E-state index in [4.69, 9.17) is 4.74 Å². The molecule has 1 amide bonds. The number of nitrogens with one attached hydrogen (secondary N) is 2. The van der Waals surface area contributed by atoms with Crippen molar-refractivity contribution in [1.29, 1.82) is 0 Å². The lowest BCUT2D eigenvalue weighted by Crippen LogP contribution is -2.15. The summed E-state index contributed by atoms with van der Waals surface area (Å²) < 4.78 is 19.0. The molecular formula is C22H21FN2O2. The molecule has 0 bridgehead atoms. The largest absolute Gasteiger partial charge is 0.494 e. The van der Waals surface area contributed by atoms with Crippen molar-refractivity contribution >= 4 is 23.0 Å². The van der Waals surface area contributed by atoms with E-state index in [1.807, 2.05) is 43.3 Å². The van der Waals surface area contributed by atoms with E-state index < -0.39 is 0 Å². The van der Waals surface area contributed by atoms with Crippen LogP contribution in [0.3, 0.4) is 0 Å². The lowest BCUT2D eigenvalue weighted by molar-refractivity contribution is -0.115. The molecule has 0 aliphatic heterocycles. The second kappa shape index (κ2) is 8.85. The fraction of sp³-hybridized carbons (Fsp3) is 0.136. The van der Waals surface area contributed by atoms with E-state index in [-0.39, 0.29) is 18.1 Å². The highest BCUT2D eigenvalue weighted by molar-refractivity contribution is 5.92. The summed E-state index contributed by atoms with van der Waals surface area (Å²) in [5.41, 5.74) is 2.87. The molecule has 3 aromatic carbocycles. The van der Waals surface area contributed by atoms with Gasteiger partial charge in [0, 0.05) is 17.1 Å². The Morgan fingerprint density at radius 3 is 2.11 bits per heavy atom. The Hall–Kier alpha value is -3.34. The van der Waals surface area contributed by atoms with E-state index in [2.05, 4.69) is 10.6 Å². The Bertz CT molecular complexity index is 893. The van der Waals surface area contributed by atoms with Crippen LogP contribution in [-0.4, -0.2) is 12.5 Å². The van der Waals surface area contributed by atoms with E-state index in [0.29, 0.717) is 17.9 Å². The monoisotopic (exact) mass is 364 g/mol. The third kappa shape index (κ3) is 5.31. The molecule has 0 unspecified atom stereocenters. The summed E-state index contributed by atoms with van der Waals surface area (Å²) in [6, 6.07) is 21.3. The molecule has 2 N–H and O–H groups in total. The van der Waals surface area contributed by atoms with E-state index in [1.165, 1.54) is 6.07 Å². The van der Waals surface area contributed by atoms with Gasteiger partial charge in [-0.05, 0) is 67.1 Å². The molecule has 3 aromatic rings. The Labute approximate surface area is 158 Å². The van der Waals surface area contributed by atoms with Crippen LogP contribution in [-0.2, 0) is 11.2 Å². The van der Waals surface area contributed by atoms with Crippen molar-refractivity contribution in [3.05, 3.63) is 84.2 Å². The lowest BCUT2D eigenvalue weighted by atomic mass is 10.1. The van der Waals surface area contributed by atoms with Gasteiger partial charge in [-0.1, -0.05) is 18.2 Å². The molecule has 0 aliphatic rings. The van der Waals surface area contributed by atoms with Crippen LogP contribution in [0.5, 0.6) is 5.75 Å². The third-order valence-electron chi connectivity index (χ3n) is 3.93. The fourth-order valence-electron chi connectivity index (χ4n) is 2.62. The summed E-state index contributed by atoms with van der Waals surface area (Å²) in [5, 5.41) is 6.06. The topological polar surface area (TPSA) is 50.4 Å². The molecule has 138 valence electrons. The van der Waals surface area contributed by atoms with E-state index in [1.54, 1.807) is 30.3 Å². The first kappa shape index (κ1) is 18.5. The van der Waals surface area contributed by atoms with E-state index in [9.17, 15) is 9.18 Å². The van der Waals surface area contributed by atoms with Crippen molar-refractivity contribution in [1.82, 2.24) is 0 Å². The first-order valence-corrected chi connectivity index (χ1v) is 8.77. The zero-order valence-electron chi connectivity index (χ0n) is 15.0. The normalized spacial score (nSPS) is 10.3. The van der Waals surface area contributed by atoms with Gasteiger partial charge in [0.15, 0.2) is 0 Å². The predicted molar refractivity (Wildman–Crippen MR) is 106 cm³/mol. The number of carbonyl (C=O) groups is 1. The number of amides is 1. The minimum absolute atomic E-state index is 0.00114. The minimum atomic E-state index is -0.373. The van der Waals surface area contributed by atoms with Crippen molar-refractivity contribution < 1.29 is 13.9 Å². The molecule has 0 atom stereocenters. The number of ether oxygens (including phenoxy) is 1. The molecule has 27 heavy (non-hydrogen) atoms. The van der Waals surface area contributed by atoms with Gasteiger partial charge in [-0.3, -0.25) is 4.79 Å². The summed E-state index contributed by atoms with van der Waals surface area (Å²) in [7, 11) is 0. The molecule has 5 heteroatoms. The number of benzene rings is 3. The van der Waals surface area contributed by atoms with Gasteiger partial charge < -0.3 is 15.4 Å². The first-order valence-electron chi connectivity index (χ1n) is 8.77. The zero-order chi connectivity index (χ0) is 19.1. The molecule has 4 nitrogen and oxygen atoms in total. The molecule has 0 spiro atoms. The maximum Gasteiger partial charge on any atom is 0.228 e. The van der Waals surface area contributed by atoms with Gasteiger partial charge in [-0.15, -0.1) is 0 Å². The second-order valence-electron chi connectivity index (χ2n) is 5.98. The Morgan fingerprint density at radius 2 is 1.48 bits per heavy atom. The molecule has 0 heterocycles. The van der Waals surface area contributed by atoms with Crippen LogP contribution in [0.1, 0.15) is 12.5 Å². The SMILES string of the molecule is CCOc1ccc(Nc2ccc(NC(=O)Cc3ccccc3F)cc2)cc1. The van der Waals surface area contributed by atoms with Crippen LogP contribution in [0.25, 0.3) is 0 Å². The molecule has 3 rings (SSSR count). The Kier molecular flexibility index (Phi) is 6.05. The zero-order valence-corrected chi connectivity index (χ0v) is 15.0. The average Bonchev–Trinajstić information content (AvgIpc) is 2.67. The molecule has 0 saturated heterocycles. The lowest BCUT2D eigenvalue weighted by Gasteiger charge is -2.10. The van der Waals surface area contributed by atoms with Gasteiger partial charge in [-0.2, -0.15) is 0 Å². The molecule has 0 aliphatic carbocycles. The summed E-state index contributed by atoms with van der Waals surface area (Å²) in [6.45, 7) is 2.58. The van der Waals surface area contributed by atoms with Gasteiger partial charge in [0.1, 0.15) is 11.6 Å². The van der Waals surface area contributed by atoms with Gasteiger partial charge in [0.05, 0.1) is 13.0 Å². The maximum atomic E-state index is 13.6. The van der Waals surface area contributed by atoms with E-state index >= 15 is 0 Å². The van der Waals surface area contributed by atoms with Crippen LogP contribution < -0.4 is 15.4 Å². The molecule has 0 fully saturated rings. The molecule has 0 radical (unpaired) electrons. The van der Waals surface area contributed by atoms with Crippen LogP contribution in [0.15, 0.2) is 72.8 Å². The van der Waals surface area contributed by atoms with Crippen LogP contribution in [0.4, 0.5) is 21.5 Å². The van der Waals surface area contributed by atoms with Gasteiger partial charge >= 0.3 is 0 Å². The van der Waals surface area contributed by atoms with Crippen LogP contribution >= 0.6 is 0 Å². The standard InChI is InChI=1S/C22H21FN2O2/c1-2-27-20-13-11-18(12-14-20)24-17-7-9-19(10-8-17)25-22(26)15-16-5-3-4-6-21(16)23/h3-14,24H,2,15H2,1H3,(H,25,26). The van der Waals surface area contributed by atoms with Crippen molar-refractivity contribution in [2.24, 2.45) is 0 Å². The Balaban J connectivity index is 1.56. The number of rotatable bonds is 7. The van der Waals surface area contributed by atoms with Crippen molar-refractivity contribution in [3.63, 3.8) is 0 Å². The van der Waals surface area contributed by atoms with Crippen LogP contribution in [0, 0.1) is 5.82 Å². The number of hydrogen-bond acceptors (Lipinski definition) is 3. The number of anilines is 3. The minimum Gasteiger partial charge on any atom is -0.494 e.